The summed E-state index contributed by atoms with van der Waals surface area (Å²) < 4.78 is 0. The van der Waals surface area contributed by atoms with Gasteiger partial charge < -0.3 is 10.4 Å². The van der Waals surface area contributed by atoms with E-state index in [1.54, 1.807) is 24.3 Å². The van der Waals surface area contributed by atoms with Crippen molar-refractivity contribution in [2.45, 2.75) is 38.4 Å². The van der Waals surface area contributed by atoms with Crippen LogP contribution >= 0.6 is 0 Å². The van der Waals surface area contributed by atoms with Crippen molar-refractivity contribution in [3.8, 4) is 0 Å². The van der Waals surface area contributed by atoms with E-state index in [-0.39, 0.29) is 23.8 Å². The molecule has 0 spiro atoms. The number of carbonyl (C=O) groups is 3. The van der Waals surface area contributed by atoms with Gasteiger partial charge in [0.25, 0.3) is 11.8 Å². The molecule has 0 bridgehead atoms. The summed E-state index contributed by atoms with van der Waals surface area (Å²) >= 11 is 0. The lowest BCUT2D eigenvalue weighted by Gasteiger charge is -2.31. The molecule has 2 atom stereocenters. The van der Waals surface area contributed by atoms with Gasteiger partial charge >= 0.3 is 6.09 Å². The van der Waals surface area contributed by atoms with Gasteiger partial charge in [-0.3, -0.25) is 19.4 Å². The number of hydrogen-bond donors (Lipinski definition) is 2. The van der Waals surface area contributed by atoms with E-state index in [9.17, 15) is 19.5 Å². The lowest BCUT2D eigenvalue weighted by atomic mass is 9.85. The highest BCUT2D eigenvalue weighted by molar-refractivity contribution is 6.21. The zero-order valence-electron chi connectivity index (χ0n) is 17.7. The van der Waals surface area contributed by atoms with Gasteiger partial charge in [0.2, 0.25) is 0 Å². The molecular formula is C24H27N3O4. The molecule has 7 heteroatoms. The third-order valence-electron chi connectivity index (χ3n) is 6.48. The second-order valence-corrected chi connectivity index (χ2v) is 8.92. The monoisotopic (exact) mass is 421 g/mol. The fourth-order valence-corrected chi connectivity index (χ4v) is 4.70. The summed E-state index contributed by atoms with van der Waals surface area (Å²) in [6.07, 6.45) is -0.364. The Balaban J connectivity index is 1.56. The number of nitrogens with zero attached hydrogens (tertiary/aromatic N) is 2. The number of likely N-dealkylation sites (tertiary alicyclic amines) is 1. The van der Waals surface area contributed by atoms with E-state index in [4.69, 9.17) is 0 Å². The van der Waals surface area contributed by atoms with E-state index in [1.807, 2.05) is 44.2 Å². The smallest absolute Gasteiger partial charge is 0.405 e. The average Bonchev–Trinajstić information content (AvgIpc) is 3.24. The van der Waals surface area contributed by atoms with E-state index in [0.29, 0.717) is 37.2 Å². The van der Waals surface area contributed by atoms with Crippen LogP contribution in [0.25, 0.3) is 0 Å². The van der Waals surface area contributed by atoms with Crippen LogP contribution in [0.15, 0.2) is 54.6 Å². The van der Waals surface area contributed by atoms with Crippen molar-refractivity contribution in [1.29, 1.82) is 0 Å². The first-order valence-corrected chi connectivity index (χ1v) is 10.5. The molecule has 0 aromatic heterocycles. The molecule has 2 heterocycles. The fraction of sp³-hybridized carbons (Fsp3) is 0.375. The van der Waals surface area contributed by atoms with Crippen LogP contribution in [0.4, 0.5) is 4.79 Å². The Labute approximate surface area is 181 Å². The van der Waals surface area contributed by atoms with Crippen LogP contribution in [0.5, 0.6) is 0 Å². The molecular weight excluding hydrogens is 394 g/mol. The molecule has 1 saturated heterocycles. The minimum Gasteiger partial charge on any atom is -0.465 e. The molecule has 0 radical (unpaired) electrons. The topological polar surface area (TPSA) is 90.0 Å². The maximum atomic E-state index is 12.9. The van der Waals surface area contributed by atoms with Crippen molar-refractivity contribution < 1.29 is 19.5 Å². The molecule has 0 saturated carbocycles. The molecule has 31 heavy (non-hydrogen) atoms. The Morgan fingerprint density at radius 2 is 1.61 bits per heavy atom. The molecule has 3 amide bonds. The molecule has 7 nitrogen and oxygen atoms in total. The summed E-state index contributed by atoms with van der Waals surface area (Å²) in [6, 6.07) is 16.9. The number of imide groups is 1. The maximum absolute atomic E-state index is 12.9. The number of nitrogens with one attached hydrogen (secondary N) is 1. The van der Waals surface area contributed by atoms with Crippen LogP contribution in [0.2, 0.25) is 0 Å². The lowest BCUT2D eigenvalue weighted by Crippen LogP contribution is -2.49. The molecule has 0 unspecified atom stereocenters. The Morgan fingerprint density at radius 1 is 1.03 bits per heavy atom. The van der Waals surface area contributed by atoms with E-state index < -0.39 is 11.6 Å². The number of amides is 3. The highest BCUT2D eigenvalue weighted by Gasteiger charge is 2.44. The van der Waals surface area contributed by atoms with Gasteiger partial charge in [-0.15, -0.1) is 0 Å². The van der Waals surface area contributed by atoms with Crippen LogP contribution in [0, 0.1) is 5.92 Å². The summed E-state index contributed by atoms with van der Waals surface area (Å²) in [6.45, 7) is 5.41. The van der Waals surface area contributed by atoms with Crippen molar-refractivity contribution in [1.82, 2.24) is 15.1 Å². The molecule has 1 fully saturated rings. The summed E-state index contributed by atoms with van der Waals surface area (Å²) in [5, 5.41) is 11.9. The predicted octanol–water partition coefficient (Wildman–Crippen LogP) is 3.22. The van der Waals surface area contributed by atoms with Crippen molar-refractivity contribution in [3.63, 3.8) is 0 Å². The summed E-state index contributed by atoms with van der Waals surface area (Å²) in [5.41, 5.74) is 1.41. The summed E-state index contributed by atoms with van der Waals surface area (Å²) in [4.78, 5) is 40.7. The Hall–Kier alpha value is -3.19. The number of benzene rings is 2. The van der Waals surface area contributed by atoms with E-state index in [0.717, 1.165) is 5.56 Å². The highest BCUT2D eigenvalue weighted by Crippen LogP contribution is 2.34. The Bertz CT molecular complexity index is 970. The first-order chi connectivity index (χ1) is 14.8. The molecule has 162 valence electrons. The average molecular weight is 421 g/mol. The number of hydrogen-bond acceptors (Lipinski definition) is 4. The third kappa shape index (κ3) is 4.18. The van der Waals surface area contributed by atoms with Crippen molar-refractivity contribution in [2.75, 3.05) is 13.1 Å². The second-order valence-electron chi connectivity index (χ2n) is 8.92. The van der Waals surface area contributed by atoms with Gasteiger partial charge in [-0.05, 0) is 43.9 Å². The quantitative estimate of drug-likeness (QED) is 0.699. The van der Waals surface area contributed by atoms with Crippen molar-refractivity contribution in [3.05, 3.63) is 71.3 Å². The Morgan fingerprint density at radius 3 is 2.19 bits per heavy atom. The van der Waals surface area contributed by atoms with Crippen LogP contribution in [-0.2, 0) is 6.54 Å². The number of rotatable bonds is 6. The zero-order valence-corrected chi connectivity index (χ0v) is 17.7. The lowest BCUT2D eigenvalue weighted by molar-refractivity contribution is 0.0607. The molecule has 4 rings (SSSR count). The van der Waals surface area contributed by atoms with E-state index >= 15 is 0 Å². The van der Waals surface area contributed by atoms with Crippen LogP contribution in [0.3, 0.4) is 0 Å². The van der Waals surface area contributed by atoms with Crippen LogP contribution in [-0.4, -0.2) is 57.5 Å². The molecule has 0 aliphatic carbocycles. The molecule has 2 aromatic carbocycles. The zero-order chi connectivity index (χ0) is 22.2. The first-order valence-electron chi connectivity index (χ1n) is 10.5. The Kier molecular flexibility index (Phi) is 5.54. The van der Waals surface area contributed by atoms with Gasteiger partial charge in [0.15, 0.2) is 0 Å². The van der Waals surface area contributed by atoms with Gasteiger partial charge in [-0.2, -0.15) is 0 Å². The highest BCUT2D eigenvalue weighted by atomic mass is 16.4. The standard InChI is InChI=1S/C24H27N3O4/c1-24(2,25-23(30)31)17-12-18(26(14-17)13-16-8-4-3-5-9-16)15-27-21(28)19-10-6-7-11-20(19)22(27)29/h3-11,17-18,25H,12-15H2,1-2H3,(H,30,31)/t17-,18-/m0/s1. The fourth-order valence-electron chi connectivity index (χ4n) is 4.70. The molecule has 2 aliphatic heterocycles. The number of carbonyl (C=O) groups excluding carboxylic acids is 2. The third-order valence-corrected chi connectivity index (χ3v) is 6.48. The van der Waals surface area contributed by atoms with Gasteiger partial charge in [-0.25, -0.2) is 4.79 Å². The SMILES string of the molecule is CC(C)(NC(=O)O)[C@H]1C[C@@H](CN2C(=O)c3ccccc3C2=O)N(Cc2ccccc2)C1. The van der Waals surface area contributed by atoms with Gasteiger partial charge in [0.1, 0.15) is 0 Å². The molecule has 2 N–H and O–H groups in total. The number of fused-ring (bicyclic) bond motifs is 1. The van der Waals surface area contributed by atoms with Gasteiger partial charge in [-0.1, -0.05) is 42.5 Å². The second kappa shape index (κ2) is 8.15. The van der Waals surface area contributed by atoms with Gasteiger partial charge in [0.05, 0.1) is 11.1 Å². The maximum Gasteiger partial charge on any atom is 0.405 e. The summed E-state index contributed by atoms with van der Waals surface area (Å²) in [5.74, 6) is -0.467. The van der Waals surface area contributed by atoms with Crippen LogP contribution in [0.1, 0.15) is 46.5 Å². The van der Waals surface area contributed by atoms with Crippen molar-refractivity contribution in [2.24, 2.45) is 5.92 Å². The minimum atomic E-state index is -1.05. The van der Waals surface area contributed by atoms with E-state index in [2.05, 4.69) is 10.2 Å². The summed E-state index contributed by atoms with van der Waals surface area (Å²) in [7, 11) is 0. The van der Waals surface area contributed by atoms with Crippen molar-refractivity contribution >= 4 is 17.9 Å². The molecule has 2 aliphatic rings. The number of carboxylic acid groups (broad SMARTS) is 1. The molecule has 2 aromatic rings. The van der Waals surface area contributed by atoms with Crippen LogP contribution < -0.4 is 5.32 Å². The predicted molar refractivity (Wildman–Crippen MR) is 116 cm³/mol. The first kappa shape index (κ1) is 21.1. The van der Waals surface area contributed by atoms with Gasteiger partial charge in [0, 0.05) is 31.2 Å². The van der Waals surface area contributed by atoms with E-state index in [1.165, 1.54) is 4.90 Å². The largest absolute Gasteiger partial charge is 0.465 e. The minimum absolute atomic E-state index is 0.0486. The normalized spacial score (nSPS) is 21.4.